The monoisotopic (exact) mass is 266 g/mol. The van der Waals surface area contributed by atoms with Crippen molar-refractivity contribution in [2.45, 2.75) is 32.6 Å². The minimum atomic E-state index is -0.230. The van der Waals surface area contributed by atoms with Gasteiger partial charge in [0.2, 0.25) is 0 Å². The van der Waals surface area contributed by atoms with E-state index in [0.29, 0.717) is 11.8 Å². The normalized spacial score (nSPS) is 11.2. The molecule has 0 aliphatic rings. The second-order valence-corrected chi connectivity index (χ2v) is 4.95. The second-order valence-electron chi connectivity index (χ2n) is 4.69. The molecular formula is C14H16ClFN2. The van der Waals surface area contributed by atoms with Crippen LogP contribution in [0.15, 0.2) is 24.4 Å². The van der Waals surface area contributed by atoms with Gasteiger partial charge in [-0.2, -0.15) is 5.10 Å². The highest BCUT2D eigenvalue weighted by atomic mass is 35.5. The van der Waals surface area contributed by atoms with Gasteiger partial charge < -0.3 is 0 Å². The van der Waals surface area contributed by atoms with Gasteiger partial charge in [0.15, 0.2) is 0 Å². The molecule has 1 aromatic carbocycles. The number of aryl methyl sites for hydroxylation is 1. The number of hydrogen-bond acceptors (Lipinski definition) is 1. The van der Waals surface area contributed by atoms with E-state index in [9.17, 15) is 4.39 Å². The van der Waals surface area contributed by atoms with Crippen molar-refractivity contribution in [3.05, 3.63) is 47.0 Å². The van der Waals surface area contributed by atoms with Crippen LogP contribution in [0.1, 0.15) is 36.6 Å². The Morgan fingerprint density at radius 1 is 1.39 bits per heavy atom. The van der Waals surface area contributed by atoms with Gasteiger partial charge in [0, 0.05) is 5.56 Å². The quantitative estimate of drug-likeness (QED) is 0.762. The lowest BCUT2D eigenvalue weighted by molar-refractivity contribution is 0.624. The number of alkyl halides is 1. The highest BCUT2D eigenvalue weighted by Crippen LogP contribution is 2.25. The van der Waals surface area contributed by atoms with E-state index in [1.165, 1.54) is 12.1 Å². The van der Waals surface area contributed by atoms with E-state index in [4.69, 9.17) is 11.6 Å². The second kappa shape index (κ2) is 5.11. The van der Waals surface area contributed by atoms with Crippen LogP contribution in [0.5, 0.6) is 0 Å². The van der Waals surface area contributed by atoms with Gasteiger partial charge in [0.05, 0.1) is 23.5 Å². The van der Waals surface area contributed by atoms with Crippen molar-refractivity contribution >= 4 is 11.6 Å². The van der Waals surface area contributed by atoms with E-state index in [0.717, 1.165) is 22.5 Å². The van der Waals surface area contributed by atoms with Crippen molar-refractivity contribution in [2.75, 3.05) is 0 Å². The lowest BCUT2D eigenvalue weighted by Crippen LogP contribution is -2.07. The summed E-state index contributed by atoms with van der Waals surface area (Å²) in [6, 6.07) is 4.72. The third-order valence-corrected chi connectivity index (χ3v) is 3.25. The van der Waals surface area contributed by atoms with Gasteiger partial charge in [-0.3, -0.25) is 0 Å². The number of aromatic nitrogens is 2. The highest BCUT2D eigenvalue weighted by molar-refractivity contribution is 6.17. The lowest BCUT2D eigenvalue weighted by Gasteiger charge is -2.14. The van der Waals surface area contributed by atoms with E-state index >= 15 is 0 Å². The van der Waals surface area contributed by atoms with Crippen LogP contribution in [0, 0.1) is 12.7 Å². The zero-order valence-corrected chi connectivity index (χ0v) is 11.5. The SMILES string of the molecule is Cc1cc(F)ccc1-n1ncc(CCl)c1C(C)C. The minimum absolute atomic E-state index is 0.230. The van der Waals surface area contributed by atoms with Gasteiger partial charge >= 0.3 is 0 Å². The third-order valence-electron chi connectivity index (χ3n) is 2.96. The molecule has 0 aliphatic heterocycles. The van der Waals surface area contributed by atoms with E-state index in [2.05, 4.69) is 18.9 Å². The van der Waals surface area contributed by atoms with Crippen LogP contribution < -0.4 is 0 Å². The third kappa shape index (κ3) is 2.27. The Bertz CT molecular complexity index is 561. The average Bonchev–Trinajstić information content (AvgIpc) is 2.72. The molecule has 4 heteroatoms. The van der Waals surface area contributed by atoms with Crippen LogP contribution in [0.2, 0.25) is 0 Å². The van der Waals surface area contributed by atoms with Crippen molar-refractivity contribution in [2.24, 2.45) is 0 Å². The minimum Gasteiger partial charge on any atom is -0.237 e. The van der Waals surface area contributed by atoms with Crippen molar-refractivity contribution < 1.29 is 4.39 Å². The zero-order valence-electron chi connectivity index (χ0n) is 10.7. The zero-order chi connectivity index (χ0) is 13.3. The molecule has 0 amide bonds. The first-order chi connectivity index (χ1) is 8.54. The van der Waals surface area contributed by atoms with Crippen LogP contribution in [0.3, 0.4) is 0 Å². The van der Waals surface area contributed by atoms with Crippen LogP contribution >= 0.6 is 11.6 Å². The molecule has 2 rings (SSSR count). The number of benzene rings is 1. The number of nitrogens with zero attached hydrogens (tertiary/aromatic N) is 2. The standard InChI is InChI=1S/C14H16ClFN2/c1-9(2)14-11(7-15)8-17-18(14)13-5-4-12(16)6-10(13)3/h4-6,8-9H,7H2,1-3H3. The first-order valence-corrected chi connectivity index (χ1v) is 6.47. The first kappa shape index (κ1) is 13.1. The fourth-order valence-electron chi connectivity index (χ4n) is 2.16. The molecule has 18 heavy (non-hydrogen) atoms. The molecule has 0 radical (unpaired) electrons. The molecule has 1 aromatic heterocycles. The fourth-order valence-corrected chi connectivity index (χ4v) is 2.36. The highest BCUT2D eigenvalue weighted by Gasteiger charge is 2.16. The molecule has 0 atom stereocenters. The molecule has 0 spiro atoms. The first-order valence-electron chi connectivity index (χ1n) is 5.94. The molecule has 1 heterocycles. The van der Waals surface area contributed by atoms with Gasteiger partial charge in [-0.05, 0) is 36.6 Å². The molecule has 0 aliphatic carbocycles. The molecule has 0 N–H and O–H groups in total. The molecule has 0 saturated carbocycles. The fraction of sp³-hybridized carbons (Fsp3) is 0.357. The summed E-state index contributed by atoms with van der Waals surface area (Å²) in [5.74, 6) is 0.520. The molecule has 2 aromatic rings. The summed E-state index contributed by atoms with van der Waals surface area (Å²) in [4.78, 5) is 0. The van der Waals surface area contributed by atoms with E-state index in [1.54, 1.807) is 12.3 Å². The van der Waals surface area contributed by atoms with Crippen LogP contribution in [0.25, 0.3) is 5.69 Å². The maximum Gasteiger partial charge on any atom is 0.123 e. The number of halogens is 2. The molecule has 0 fully saturated rings. The summed E-state index contributed by atoms with van der Waals surface area (Å²) >= 11 is 5.93. The van der Waals surface area contributed by atoms with Crippen LogP contribution in [-0.2, 0) is 5.88 Å². The summed E-state index contributed by atoms with van der Waals surface area (Å²) in [7, 11) is 0. The van der Waals surface area contributed by atoms with Crippen LogP contribution in [0.4, 0.5) is 4.39 Å². The Balaban J connectivity index is 2.60. The van der Waals surface area contributed by atoms with E-state index in [1.807, 2.05) is 11.6 Å². The Labute approximate surface area is 111 Å². The van der Waals surface area contributed by atoms with Gasteiger partial charge in [-0.25, -0.2) is 9.07 Å². The topological polar surface area (TPSA) is 17.8 Å². The Morgan fingerprint density at radius 3 is 2.67 bits per heavy atom. The maximum absolute atomic E-state index is 13.1. The molecule has 0 bridgehead atoms. The number of rotatable bonds is 3. The Morgan fingerprint density at radius 2 is 2.11 bits per heavy atom. The molecule has 0 unspecified atom stereocenters. The molecule has 2 nitrogen and oxygen atoms in total. The maximum atomic E-state index is 13.1. The summed E-state index contributed by atoms with van der Waals surface area (Å²) < 4.78 is 15.0. The van der Waals surface area contributed by atoms with Gasteiger partial charge in [0.25, 0.3) is 0 Å². The van der Waals surface area contributed by atoms with Gasteiger partial charge in [-0.1, -0.05) is 13.8 Å². The van der Waals surface area contributed by atoms with E-state index < -0.39 is 0 Å². The predicted molar refractivity (Wildman–Crippen MR) is 71.9 cm³/mol. The Hall–Kier alpha value is -1.35. The largest absolute Gasteiger partial charge is 0.237 e. The average molecular weight is 267 g/mol. The smallest absolute Gasteiger partial charge is 0.123 e. The van der Waals surface area contributed by atoms with Crippen LogP contribution in [-0.4, -0.2) is 9.78 Å². The van der Waals surface area contributed by atoms with Crippen molar-refractivity contribution in [1.29, 1.82) is 0 Å². The lowest BCUT2D eigenvalue weighted by atomic mass is 10.1. The summed E-state index contributed by atoms with van der Waals surface area (Å²) in [6.07, 6.45) is 1.78. The van der Waals surface area contributed by atoms with E-state index in [-0.39, 0.29) is 5.82 Å². The number of hydrogen-bond donors (Lipinski definition) is 0. The van der Waals surface area contributed by atoms with Crippen molar-refractivity contribution in [3.8, 4) is 5.69 Å². The molecule has 0 saturated heterocycles. The Kier molecular flexibility index (Phi) is 3.71. The van der Waals surface area contributed by atoms with Gasteiger partial charge in [0.1, 0.15) is 5.82 Å². The van der Waals surface area contributed by atoms with Crippen molar-refractivity contribution in [3.63, 3.8) is 0 Å². The summed E-state index contributed by atoms with van der Waals surface area (Å²) in [5.41, 5.74) is 3.87. The molecular weight excluding hydrogens is 251 g/mol. The summed E-state index contributed by atoms with van der Waals surface area (Å²) in [5, 5.41) is 4.38. The summed E-state index contributed by atoms with van der Waals surface area (Å²) in [6.45, 7) is 6.08. The van der Waals surface area contributed by atoms with Gasteiger partial charge in [-0.15, -0.1) is 11.6 Å². The molecule has 96 valence electrons. The predicted octanol–water partition coefficient (Wildman–Crippen LogP) is 4.18. The van der Waals surface area contributed by atoms with Crippen molar-refractivity contribution in [1.82, 2.24) is 9.78 Å².